The first-order valence-electron chi connectivity index (χ1n) is 11.4. The molecule has 0 aliphatic rings. The van der Waals surface area contributed by atoms with E-state index in [4.69, 9.17) is 0 Å². The van der Waals surface area contributed by atoms with Crippen LogP contribution in [0.1, 0.15) is 21.8 Å². The maximum atomic E-state index is 12.6. The molecule has 174 valence electrons. The van der Waals surface area contributed by atoms with Gasteiger partial charge in [0, 0.05) is 41.4 Å². The Morgan fingerprint density at radius 2 is 1.69 bits per heavy atom. The largest absolute Gasteiger partial charge is 0.396 e. The fourth-order valence-electron chi connectivity index (χ4n) is 4.01. The van der Waals surface area contributed by atoms with Gasteiger partial charge in [0.05, 0.1) is 17.8 Å². The van der Waals surface area contributed by atoms with Crippen molar-refractivity contribution in [3.63, 3.8) is 0 Å². The summed E-state index contributed by atoms with van der Waals surface area (Å²) < 4.78 is 0. The number of carbonyl (C=O) groups excluding carboxylic acids is 1. The van der Waals surface area contributed by atoms with E-state index in [-0.39, 0.29) is 18.4 Å². The predicted molar refractivity (Wildman–Crippen MR) is 138 cm³/mol. The van der Waals surface area contributed by atoms with Gasteiger partial charge in [0.25, 0.3) is 5.91 Å². The number of aromatic nitrogens is 3. The number of hydrogen-bond acceptors (Lipinski definition) is 5. The number of aromatic amines is 1. The minimum Gasteiger partial charge on any atom is -0.396 e. The Morgan fingerprint density at radius 1 is 0.914 bits per heavy atom. The predicted octanol–water partition coefficient (Wildman–Crippen LogP) is 5.07. The molecular weight excluding hydrogens is 438 g/mol. The standard InChI is InChI=1S/C28H25N5O2/c34-18-23(19-7-3-1-4-8-19)16-30-24-13-22(15-29-17-24)21-11-12-26-25(14-21)27(33-32-26)31-28(35)20-9-5-2-6-10-20/h1-15,17,23,30,34H,16,18H2,(H2,31,32,33,35)/t23-/m0/s1. The van der Waals surface area contributed by atoms with E-state index >= 15 is 0 Å². The average molecular weight is 464 g/mol. The van der Waals surface area contributed by atoms with Gasteiger partial charge in [-0.15, -0.1) is 0 Å². The van der Waals surface area contributed by atoms with Crippen LogP contribution in [0, 0.1) is 0 Å². The molecule has 0 fully saturated rings. The van der Waals surface area contributed by atoms with Gasteiger partial charge >= 0.3 is 0 Å². The molecule has 7 heteroatoms. The number of carbonyl (C=O) groups is 1. The summed E-state index contributed by atoms with van der Waals surface area (Å²) >= 11 is 0. The van der Waals surface area contributed by atoms with Crippen LogP contribution in [0.4, 0.5) is 11.5 Å². The summed E-state index contributed by atoms with van der Waals surface area (Å²) in [6.45, 7) is 0.640. The Labute approximate surface area is 202 Å². The van der Waals surface area contributed by atoms with E-state index in [1.807, 2.05) is 72.8 Å². The van der Waals surface area contributed by atoms with Crippen LogP contribution in [-0.4, -0.2) is 39.3 Å². The molecule has 35 heavy (non-hydrogen) atoms. The Hall–Kier alpha value is -4.49. The molecule has 0 radical (unpaired) electrons. The second kappa shape index (κ2) is 10.2. The van der Waals surface area contributed by atoms with Gasteiger partial charge in [0.1, 0.15) is 0 Å². The highest BCUT2D eigenvalue weighted by molar-refractivity contribution is 6.08. The molecule has 7 nitrogen and oxygen atoms in total. The molecule has 2 aromatic heterocycles. The van der Waals surface area contributed by atoms with Crippen LogP contribution in [-0.2, 0) is 0 Å². The van der Waals surface area contributed by atoms with Crippen LogP contribution in [0.3, 0.4) is 0 Å². The van der Waals surface area contributed by atoms with Gasteiger partial charge in [-0.2, -0.15) is 5.10 Å². The van der Waals surface area contributed by atoms with Crippen LogP contribution in [0.25, 0.3) is 22.0 Å². The molecule has 0 unspecified atom stereocenters. The number of H-pyrrole nitrogens is 1. The molecule has 0 spiro atoms. The Morgan fingerprint density at radius 3 is 2.46 bits per heavy atom. The number of benzene rings is 3. The number of nitrogens with zero attached hydrogens (tertiary/aromatic N) is 2. The quantitative estimate of drug-likeness (QED) is 0.257. The molecule has 2 heterocycles. The third-order valence-electron chi connectivity index (χ3n) is 5.95. The molecular formula is C28H25N5O2. The number of anilines is 2. The topological polar surface area (TPSA) is 103 Å². The third-order valence-corrected chi connectivity index (χ3v) is 5.95. The summed E-state index contributed by atoms with van der Waals surface area (Å²) in [6.07, 6.45) is 3.57. The van der Waals surface area contributed by atoms with E-state index in [1.54, 1.807) is 24.5 Å². The molecule has 5 rings (SSSR count). The van der Waals surface area contributed by atoms with E-state index in [0.29, 0.717) is 17.9 Å². The molecule has 5 aromatic rings. The van der Waals surface area contributed by atoms with Crippen molar-refractivity contribution in [1.82, 2.24) is 15.2 Å². The number of amides is 1. The van der Waals surface area contributed by atoms with Gasteiger partial charge in [0.15, 0.2) is 5.82 Å². The van der Waals surface area contributed by atoms with Crippen LogP contribution in [0.2, 0.25) is 0 Å². The molecule has 0 bridgehead atoms. The molecule has 1 atom stereocenters. The molecule has 0 aliphatic carbocycles. The summed E-state index contributed by atoms with van der Waals surface area (Å²) in [4.78, 5) is 17.0. The third kappa shape index (κ3) is 5.05. The lowest BCUT2D eigenvalue weighted by atomic mass is 10.00. The molecule has 0 saturated carbocycles. The van der Waals surface area contributed by atoms with Gasteiger partial charge in [0.2, 0.25) is 0 Å². The second-order valence-corrected chi connectivity index (χ2v) is 8.29. The van der Waals surface area contributed by atoms with Crippen LogP contribution in [0.5, 0.6) is 0 Å². The van der Waals surface area contributed by atoms with Gasteiger partial charge < -0.3 is 15.7 Å². The molecule has 0 aliphatic heterocycles. The smallest absolute Gasteiger partial charge is 0.256 e. The summed E-state index contributed by atoms with van der Waals surface area (Å²) in [5, 5.41) is 24.2. The van der Waals surface area contributed by atoms with Crippen LogP contribution in [0.15, 0.2) is 97.3 Å². The monoisotopic (exact) mass is 463 g/mol. The number of aliphatic hydroxyl groups is 1. The van der Waals surface area contributed by atoms with Crippen molar-refractivity contribution < 1.29 is 9.90 Å². The first-order chi connectivity index (χ1) is 17.2. The number of hydrogen-bond donors (Lipinski definition) is 4. The Kier molecular flexibility index (Phi) is 6.50. The molecule has 0 saturated heterocycles. The zero-order chi connectivity index (χ0) is 24.0. The van der Waals surface area contributed by atoms with Gasteiger partial charge in [-0.25, -0.2) is 0 Å². The first kappa shape index (κ1) is 22.3. The number of rotatable bonds is 8. The van der Waals surface area contributed by atoms with Crippen molar-refractivity contribution in [2.75, 3.05) is 23.8 Å². The summed E-state index contributed by atoms with van der Waals surface area (Å²) in [6, 6.07) is 26.9. The minimum absolute atomic E-state index is 0.0158. The van der Waals surface area contributed by atoms with E-state index in [9.17, 15) is 9.90 Å². The minimum atomic E-state index is -0.214. The lowest BCUT2D eigenvalue weighted by Gasteiger charge is -2.16. The maximum absolute atomic E-state index is 12.6. The number of fused-ring (bicyclic) bond motifs is 1. The fourth-order valence-corrected chi connectivity index (χ4v) is 4.01. The number of aliphatic hydroxyl groups excluding tert-OH is 1. The van der Waals surface area contributed by atoms with Crippen molar-refractivity contribution in [2.24, 2.45) is 0 Å². The zero-order valence-electron chi connectivity index (χ0n) is 19.0. The second-order valence-electron chi connectivity index (χ2n) is 8.29. The first-order valence-corrected chi connectivity index (χ1v) is 11.4. The summed E-state index contributed by atoms with van der Waals surface area (Å²) in [5.41, 5.74) is 5.22. The SMILES string of the molecule is O=C(Nc1n[nH]c2ccc(-c3cncc(NC[C@@H](CO)c4ccccc4)c3)cc12)c1ccccc1. The summed E-state index contributed by atoms with van der Waals surface area (Å²) in [7, 11) is 0. The molecule has 4 N–H and O–H groups in total. The van der Waals surface area contributed by atoms with Gasteiger partial charge in [-0.05, 0) is 41.5 Å². The number of nitrogens with one attached hydrogen (secondary N) is 3. The average Bonchev–Trinajstić information content (AvgIpc) is 3.32. The highest BCUT2D eigenvalue weighted by Gasteiger charge is 2.13. The highest BCUT2D eigenvalue weighted by atomic mass is 16.3. The van der Waals surface area contributed by atoms with Crippen LogP contribution >= 0.6 is 0 Å². The van der Waals surface area contributed by atoms with Gasteiger partial charge in [-0.3, -0.25) is 14.9 Å². The Bertz CT molecular complexity index is 1430. The lowest BCUT2D eigenvalue weighted by molar-refractivity contribution is 0.102. The van der Waals surface area contributed by atoms with E-state index in [0.717, 1.165) is 33.3 Å². The summed E-state index contributed by atoms with van der Waals surface area (Å²) in [5.74, 6) is 0.249. The number of pyridine rings is 1. The van der Waals surface area contributed by atoms with Gasteiger partial charge in [-0.1, -0.05) is 54.6 Å². The zero-order valence-corrected chi connectivity index (χ0v) is 19.0. The van der Waals surface area contributed by atoms with Crippen molar-refractivity contribution in [3.8, 4) is 11.1 Å². The van der Waals surface area contributed by atoms with E-state index < -0.39 is 0 Å². The van der Waals surface area contributed by atoms with Crippen molar-refractivity contribution in [1.29, 1.82) is 0 Å². The Balaban J connectivity index is 1.35. The highest BCUT2D eigenvalue weighted by Crippen LogP contribution is 2.29. The molecule has 3 aromatic carbocycles. The van der Waals surface area contributed by atoms with Crippen molar-refractivity contribution >= 4 is 28.3 Å². The van der Waals surface area contributed by atoms with E-state index in [1.165, 1.54) is 0 Å². The van der Waals surface area contributed by atoms with Crippen molar-refractivity contribution in [3.05, 3.63) is 108 Å². The van der Waals surface area contributed by atoms with Crippen LogP contribution < -0.4 is 10.6 Å². The fraction of sp³-hybridized carbons (Fsp3) is 0.107. The maximum Gasteiger partial charge on any atom is 0.256 e. The normalized spacial score (nSPS) is 11.8. The van der Waals surface area contributed by atoms with E-state index in [2.05, 4.69) is 25.8 Å². The molecule has 1 amide bonds. The lowest BCUT2D eigenvalue weighted by Crippen LogP contribution is -2.16. The van der Waals surface area contributed by atoms with Crippen molar-refractivity contribution in [2.45, 2.75) is 5.92 Å².